The molecule has 0 radical (unpaired) electrons. The van der Waals surface area contributed by atoms with Crippen molar-refractivity contribution >= 4 is 16.9 Å². The molecule has 0 saturated carbocycles. The Morgan fingerprint density at radius 1 is 1.03 bits per heavy atom. The topological polar surface area (TPSA) is 63.0 Å². The Labute approximate surface area is 201 Å². The van der Waals surface area contributed by atoms with Crippen molar-refractivity contribution in [2.24, 2.45) is 0 Å². The summed E-state index contributed by atoms with van der Waals surface area (Å²) in [7, 11) is 0. The fourth-order valence-corrected chi connectivity index (χ4v) is 4.65. The number of hydrogen-bond acceptors (Lipinski definition) is 5. The second kappa shape index (κ2) is 10.0. The zero-order chi connectivity index (χ0) is 24.4. The van der Waals surface area contributed by atoms with Gasteiger partial charge in [0, 0.05) is 13.1 Å². The standard InChI is InChI=1S/C28H34N2O4/c1-6-19-9-14-23-22(17-19)26(31)24-25(20-10-12-21(13-11-20)33-18(4)5)30(28(32)27(24)34-23)16-15-29(7-2)8-3/h9-14,17-18,25H,6-8,15-16H2,1-5H3. The number of carbonyl (C=O) groups is 1. The number of carbonyl (C=O) groups excluding carboxylic acids is 1. The zero-order valence-corrected chi connectivity index (χ0v) is 20.8. The second-order valence-corrected chi connectivity index (χ2v) is 9.02. The van der Waals surface area contributed by atoms with Crippen molar-refractivity contribution in [3.63, 3.8) is 0 Å². The van der Waals surface area contributed by atoms with Gasteiger partial charge in [-0.05, 0) is 68.8 Å². The predicted molar refractivity (Wildman–Crippen MR) is 135 cm³/mol. The summed E-state index contributed by atoms with van der Waals surface area (Å²) in [5, 5.41) is 0.529. The van der Waals surface area contributed by atoms with Crippen LogP contribution < -0.4 is 10.2 Å². The molecule has 1 aliphatic heterocycles. The van der Waals surface area contributed by atoms with Gasteiger partial charge >= 0.3 is 0 Å². The number of aryl methyl sites for hydroxylation is 1. The van der Waals surface area contributed by atoms with Crippen LogP contribution in [0.15, 0.2) is 51.7 Å². The van der Waals surface area contributed by atoms with Gasteiger partial charge < -0.3 is 19.0 Å². The van der Waals surface area contributed by atoms with E-state index in [9.17, 15) is 9.59 Å². The maximum Gasteiger partial charge on any atom is 0.290 e. The number of likely N-dealkylation sites (N-methyl/N-ethyl adjacent to an activating group) is 1. The summed E-state index contributed by atoms with van der Waals surface area (Å²) in [5.74, 6) is 0.693. The van der Waals surface area contributed by atoms with E-state index in [1.165, 1.54) is 0 Å². The van der Waals surface area contributed by atoms with Crippen LogP contribution in [0.5, 0.6) is 5.75 Å². The third kappa shape index (κ3) is 4.47. The van der Waals surface area contributed by atoms with E-state index in [1.54, 1.807) is 11.0 Å². The Morgan fingerprint density at radius 2 is 1.74 bits per heavy atom. The molecule has 2 aromatic carbocycles. The summed E-state index contributed by atoms with van der Waals surface area (Å²) in [6.07, 6.45) is 0.888. The molecular weight excluding hydrogens is 428 g/mol. The minimum Gasteiger partial charge on any atom is -0.491 e. The maximum absolute atomic E-state index is 13.8. The van der Waals surface area contributed by atoms with Crippen LogP contribution in [-0.4, -0.2) is 48.0 Å². The van der Waals surface area contributed by atoms with E-state index in [0.717, 1.165) is 42.9 Å². The van der Waals surface area contributed by atoms with Crippen molar-refractivity contribution in [1.29, 1.82) is 0 Å². The molecule has 2 heterocycles. The van der Waals surface area contributed by atoms with Crippen molar-refractivity contribution in [2.45, 2.75) is 53.2 Å². The van der Waals surface area contributed by atoms with Crippen LogP contribution in [0.2, 0.25) is 0 Å². The summed E-state index contributed by atoms with van der Waals surface area (Å²) in [4.78, 5) is 31.4. The highest BCUT2D eigenvalue weighted by Gasteiger charge is 2.42. The first kappa shape index (κ1) is 24.0. The van der Waals surface area contributed by atoms with Crippen LogP contribution in [-0.2, 0) is 6.42 Å². The zero-order valence-electron chi connectivity index (χ0n) is 20.8. The molecular formula is C28H34N2O4. The Hall–Kier alpha value is -3.12. The average molecular weight is 463 g/mol. The first-order valence-corrected chi connectivity index (χ1v) is 12.3. The molecule has 6 heteroatoms. The minimum absolute atomic E-state index is 0.0661. The smallest absolute Gasteiger partial charge is 0.290 e. The van der Waals surface area contributed by atoms with Crippen LogP contribution in [0.4, 0.5) is 0 Å². The molecule has 1 unspecified atom stereocenters. The molecule has 4 rings (SSSR count). The van der Waals surface area contributed by atoms with Crippen LogP contribution in [0, 0.1) is 0 Å². The highest BCUT2D eigenvalue weighted by atomic mass is 16.5. The normalized spacial score (nSPS) is 15.6. The molecule has 0 saturated heterocycles. The van der Waals surface area contributed by atoms with Crippen molar-refractivity contribution in [3.05, 3.63) is 75.1 Å². The van der Waals surface area contributed by atoms with Crippen molar-refractivity contribution < 1.29 is 13.9 Å². The molecule has 0 bridgehead atoms. The lowest BCUT2D eigenvalue weighted by molar-refractivity contribution is 0.0708. The molecule has 0 spiro atoms. The van der Waals surface area contributed by atoms with Gasteiger partial charge in [-0.2, -0.15) is 0 Å². The quantitative estimate of drug-likeness (QED) is 0.446. The van der Waals surface area contributed by atoms with Crippen molar-refractivity contribution in [3.8, 4) is 5.75 Å². The fourth-order valence-electron chi connectivity index (χ4n) is 4.65. The van der Waals surface area contributed by atoms with E-state index in [0.29, 0.717) is 23.1 Å². The minimum atomic E-state index is -0.489. The van der Waals surface area contributed by atoms with Gasteiger partial charge in [0.15, 0.2) is 5.43 Å². The van der Waals surface area contributed by atoms with Gasteiger partial charge in [-0.1, -0.05) is 39.0 Å². The van der Waals surface area contributed by atoms with E-state index < -0.39 is 6.04 Å². The summed E-state index contributed by atoms with van der Waals surface area (Å²) in [6.45, 7) is 13.3. The fraction of sp³-hybridized carbons (Fsp3) is 0.429. The number of nitrogens with zero attached hydrogens (tertiary/aromatic N) is 2. The molecule has 0 fully saturated rings. The van der Waals surface area contributed by atoms with E-state index in [4.69, 9.17) is 9.15 Å². The summed E-state index contributed by atoms with van der Waals surface area (Å²) >= 11 is 0. The number of rotatable bonds is 9. The van der Waals surface area contributed by atoms with E-state index in [1.807, 2.05) is 50.2 Å². The van der Waals surface area contributed by atoms with Gasteiger partial charge in [0.1, 0.15) is 11.3 Å². The van der Waals surface area contributed by atoms with Crippen molar-refractivity contribution in [2.75, 3.05) is 26.2 Å². The molecule has 0 N–H and O–H groups in total. The van der Waals surface area contributed by atoms with Gasteiger partial charge in [0.05, 0.1) is 23.1 Å². The Balaban J connectivity index is 1.83. The van der Waals surface area contributed by atoms with Crippen molar-refractivity contribution in [1.82, 2.24) is 9.80 Å². The van der Waals surface area contributed by atoms with Crippen LogP contribution in [0.25, 0.3) is 11.0 Å². The van der Waals surface area contributed by atoms with Gasteiger partial charge in [-0.3, -0.25) is 9.59 Å². The third-order valence-corrected chi connectivity index (χ3v) is 6.56. The Bertz CT molecular complexity index is 1230. The number of amides is 1. The molecule has 1 aromatic heterocycles. The molecule has 1 atom stereocenters. The number of ether oxygens (including phenoxy) is 1. The Morgan fingerprint density at radius 3 is 2.35 bits per heavy atom. The second-order valence-electron chi connectivity index (χ2n) is 9.02. The number of benzene rings is 2. The first-order chi connectivity index (χ1) is 16.4. The lowest BCUT2D eigenvalue weighted by Crippen LogP contribution is -2.37. The number of hydrogen-bond donors (Lipinski definition) is 0. The van der Waals surface area contributed by atoms with Gasteiger partial charge in [-0.25, -0.2) is 0 Å². The highest BCUT2D eigenvalue weighted by Crippen LogP contribution is 2.38. The molecule has 6 nitrogen and oxygen atoms in total. The Kier molecular flexibility index (Phi) is 7.08. The molecule has 180 valence electrons. The van der Waals surface area contributed by atoms with Gasteiger partial charge in [-0.15, -0.1) is 0 Å². The number of fused-ring (bicyclic) bond motifs is 2. The predicted octanol–water partition coefficient (Wildman–Crippen LogP) is 5.03. The molecule has 34 heavy (non-hydrogen) atoms. The molecule has 1 aliphatic rings. The first-order valence-electron chi connectivity index (χ1n) is 12.3. The van der Waals surface area contributed by atoms with Gasteiger partial charge in [0.2, 0.25) is 5.76 Å². The van der Waals surface area contributed by atoms with Crippen LogP contribution in [0.3, 0.4) is 0 Å². The lowest BCUT2D eigenvalue weighted by Gasteiger charge is -2.28. The van der Waals surface area contributed by atoms with Crippen LogP contribution in [0.1, 0.15) is 67.9 Å². The third-order valence-electron chi connectivity index (χ3n) is 6.56. The lowest BCUT2D eigenvalue weighted by atomic mass is 9.98. The summed E-state index contributed by atoms with van der Waals surface area (Å²) < 4.78 is 11.9. The monoisotopic (exact) mass is 462 g/mol. The summed E-state index contributed by atoms with van der Waals surface area (Å²) in [6, 6.07) is 12.8. The highest BCUT2D eigenvalue weighted by molar-refractivity contribution is 5.99. The molecule has 3 aromatic rings. The SMILES string of the molecule is CCc1ccc2oc3c(c(=O)c2c1)C(c1ccc(OC(C)C)cc1)N(CCN(CC)CC)C3=O. The van der Waals surface area contributed by atoms with E-state index in [-0.39, 0.29) is 23.2 Å². The molecule has 1 amide bonds. The van der Waals surface area contributed by atoms with E-state index >= 15 is 0 Å². The van der Waals surface area contributed by atoms with Gasteiger partial charge in [0.25, 0.3) is 5.91 Å². The largest absolute Gasteiger partial charge is 0.491 e. The maximum atomic E-state index is 13.8. The van der Waals surface area contributed by atoms with Crippen LogP contribution >= 0.6 is 0 Å². The van der Waals surface area contributed by atoms with E-state index in [2.05, 4.69) is 25.7 Å². The summed E-state index contributed by atoms with van der Waals surface area (Å²) in [5.41, 5.74) is 2.70. The molecule has 0 aliphatic carbocycles. The average Bonchev–Trinajstić information content (AvgIpc) is 3.11.